The van der Waals surface area contributed by atoms with Gasteiger partial charge < -0.3 is 14.8 Å². The van der Waals surface area contributed by atoms with Gasteiger partial charge in [0.15, 0.2) is 13.2 Å². The van der Waals surface area contributed by atoms with Crippen LogP contribution in [0.25, 0.3) is 0 Å². The summed E-state index contributed by atoms with van der Waals surface area (Å²) < 4.78 is 10.3. The lowest BCUT2D eigenvalue weighted by Gasteiger charge is -2.12. The third-order valence-electron chi connectivity index (χ3n) is 3.73. The van der Waals surface area contributed by atoms with Crippen molar-refractivity contribution in [2.24, 2.45) is 0 Å². The maximum atomic E-state index is 11.8. The molecule has 138 valence electrons. The van der Waals surface area contributed by atoms with Crippen LogP contribution in [0.3, 0.4) is 0 Å². The lowest BCUT2D eigenvalue weighted by molar-refractivity contribution is -0.149. The number of hydrogen-bond donors (Lipinski definition) is 1. The Morgan fingerprint density at radius 2 is 1.85 bits per heavy atom. The quantitative estimate of drug-likeness (QED) is 0.731. The van der Waals surface area contributed by atoms with Crippen LogP contribution in [0.5, 0.6) is 5.75 Å². The van der Waals surface area contributed by atoms with Gasteiger partial charge in [-0.15, -0.1) is 0 Å². The number of hydrogen-bond acceptors (Lipinski definition) is 4. The van der Waals surface area contributed by atoms with Crippen LogP contribution in [0.4, 0.5) is 5.69 Å². The van der Waals surface area contributed by atoms with Gasteiger partial charge in [0.25, 0.3) is 5.91 Å². The molecule has 2 rings (SSSR count). The fourth-order valence-corrected chi connectivity index (χ4v) is 2.65. The Hall–Kier alpha value is -2.53. The van der Waals surface area contributed by atoms with Crippen molar-refractivity contribution in [1.29, 1.82) is 0 Å². The fourth-order valence-electron chi connectivity index (χ4n) is 2.46. The highest BCUT2D eigenvalue weighted by Gasteiger charge is 2.11. The van der Waals surface area contributed by atoms with E-state index in [0.717, 1.165) is 5.56 Å². The number of amides is 1. The third-order valence-corrected chi connectivity index (χ3v) is 4.06. The molecule has 0 saturated heterocycles. The molecule has 6 heteroatoms. The van der Waals surface area contributed by atoms with Gasteiger partial charge in [-0.05, 0) is 48.2 Å². The van der Waals surface area contributed by atoms with Crippen molar-refractivity contribution >= 4 is 29.2 Å². The van der Waals surface area contributed by atoms with E-state index in [-0.39, 0.29) is 6.61 Å². The Balaban J connectivity index is 1.78. The Morgan fingerprint density at radius 1 is 1.12 bits per heavy atom. The van der Waals surface area contributed by atoms with Gasteiger partial charge in [0.1, 0.15) is 5.75 Å². The summed E-state index contributed by atoms with van der Waals surface area (Å²) in [5, 5.41) is 2.99. The van der Waals surface area contributed by atoms with E-state index in [4.69, 9.17) is 21.1 Å². The minimum Gasteiger partial charge on any atom is -0.482 e. The van der Waals surface area contributed by atoms with Crippen molar-refractivity contribution in [3.8, 4) is 5.75 Å². The summed E-state index contributed by atoms with van der Waals surface area (Å²) in [6.45, 7) is 5.57. The number of esters is 1. The van der Waals surface area contributed by atoms with E-state index in [9.17, 15) is 9.59 Å². The highest BCUT2D eigenvalue weighted by molar-refractivity contribution is 6.33. The molecule has 5 nitrogen and oxygen atoms in total. The summed E-state index contributed by atoms with van der Waals surface area (Å²) in [5.74, 6) is -0.0801. The second-order valence-corrected chi connectivity index (χ2v) is 6.56. The van der Waals surface area contributed by atoms with Gasteiger partial charge in [0.05, 0.1) is 10.7 Å². The molecule has 0 heterocycles. The molecule has 0 aliphatic rings. The van der Waals surface area contributed by atoms with Crippen LogP contribution < -0.4 is 10.1 Å². The van der Waals surface area contributed by atoms with Gasteiger partial charge in [0.2, 0.25) is 0 Å². The van der Waals surface area contributed by atoms with E-state index in [1.807, 2.05) is 25.1 Å². The van der Waals surface area contributed by atoms with Crippen LogP contribution >= 0.6 is 11.6 Å². The first-order valence-electron chi connectivity index (χ1n) is 8.30. The van der Waals surface area contributed by atoms with Crippen molar-refractivity contribution < 1.29 is 19.1 Å². The second-order valence-electron chi connectivity index (χ2n) is 6.15. The van der Waals surface area contributed by atoms with Crippen molar-refractivity contribution in [3.63, 3.8) is 0 Å². The molecule has 0 spiro atoms. The van der Waals surface area contributed by atoms with E-state index in [2.05, 4.69) is 19.2 Å². The normalized spacial score (nSPS) is 10.5. The van der Waals surface area contributed by atoms with Gasteiger partial charge in [0, 0.05) is 0 Å². The molecule has 0 bridgehead atoms. The van der Waals surface area contributed by atoms with E-state index in [0.29, 0.717) is 22.4 Å². The van der Waals surface area contributed by atoms with Crippen LogP contribution in [-0.2, 0) is 14.3 Å². The number of nitrogens with one attached hydrogen (secondary N) is 1. The van der Waals surface area contributed by atoms with Crippen LogP contribution in [0.15, 0.2) is 42.5 Å². The Kier molecular flexibility index (Phi) is 7.04. The molecule has 0 atom stereocenters. The SMILES string of the molecule is Cc1cc(OCC(=O)OCC(=O)Nc2ccccc2Cl)ccc1C(C)C. The summed E-state index contributed by atoms with van der Waals surface area (Å²) in [7, 11) is 0. The van der Waals surface area contributed by atoms with Gasteiger partial charge in [-0.1, -0.05) is 43.6 Å². The number of benzene rings is 2. The molecule has 1 amide bonds. The molecule has 1 N–H and O–H groups in total. The molecule has 0 fully saturated rings. The molecule has 0 radical (unpaired) electrons. The van der Waals surface area contributed by atoms with Crippen LogP contribution in [0, 0.1) is 6.92 Å². The van der Waals surface area contributed by atoms with E-state index >= 15 is 0 Å². The topological polar surface area (TPSA) is 64.6 Å². The molecule has 26 heavy (non-hydrogen) atoms. The molecule has 2 aromatic carbocycles. The maximum absolute atomic E-state index is 11.8. The highest BCUT2D eigenvalue weighted by Crippen LogP contribution is 2.23. The number of para-hydroxylation sites is 1. The molecule has 0 unspecified atom stereocenters. The zero-order chi connectivity index (χ0) is 19.1. The van der Waals surface area contributed by atoms with Crippen LogP contribution in [0.2, 0.25) is 5.02 Å². The fraction of sp³-hybridized carbons (Fsp3) is 0.300. The zero-order valence-electron chi connectivity index (χ0n) is 15.0. The first-order chi connectivity index (χ1) is 12.4. The molecular formula is C20H22ClNO4. The minimum atomic E-state index is -0.620. The van der Waals surface area contributed by atoms with Gasteiger partial charge in [-0.2, -0.15) is 0 Å². The number of anilines is 1. The Bertz CT molecular complexity index is 789. The molecular weight excluding hydrogens is 354 g/mol. The van der Waals surface area contributed by atoms with E-state index in [1.54, 1.807) is 24.3 Å². The van der Waals surface area contributed by atoms with E-state index in [1.165, 1.54) is 5.56 Å². The predicted octanol–water partition coefficient (Wildman–Crippen LogP) is 4.33. The predicted molar refractivity (Wildman–Crippen MR) is 102 cm³/mol. The number of aryl methyl sites for hydroxylation is 1. The lowest BCUT2D eigenvalue weighted by atomic mass is 9.98. The number of ether oxygens (including phenoxy) is 2. The highest BCUT2D eigenvalue weighted by atomic mass is 35.5. The average Bonchev–Trinajstić information content (AvgIpc) is 2.60. The number of rotatable bonds is 7. The number of carbonyl (C=O) groups excluding carboxylic acids is 2. The zero-order valence-corrected chi connectivity index (χ0v) is 15.8. The average molecular weight is 376 g/mol. The summed E-state index contributed by atoms with van der Waals surface area (Å²) >= 11 is 5.95. The second kappa shape index (κ2) is 9.25. The summed E-state index contributed by atoms with van der Waals surface area (Å²) in [6.07, 6.45) is 0. The van der Waals surface area contributed by atoms with Crippen molar-refractivity contribution in [2.45, 2.75) is 26.7 Å². The van der Waals surface area contributed by atoms with Crippen molar-refractivity contribution in [2.75, 3.05) is 18.5 Å². The van der Waals surface area contributed by atoms with Gasteiger partial charge >= 0.3 is 5.97 Å². The Labute approximate surface area is 158 Å². The molecule has 0 saturated carbocycles. The van der Waals surface area contributed by atoms with Crippen LogP contribution in [0.1, 0.15) is 30.9 Å². The van der Waals surface area contributed by atoms with Crippen LogP contribution in [-0.4, -0.2) is 25.1 Å². The van der Waals surface area contributed by atoms with E-state index < -0.39 is 18.5 Å². The molecule has 0 aliphatic carbocycles. The van der Waals surface area contributed by atoms with Crippen molar-refractivity contribution in [1.82, 2.24) is 0 Å². The Morgan fingerprint density at radius 3 is 2.50 bits per heavy atom. The van der Waals surface area contributed by atoms with Gasteiger partial charge in [-0.3, -0.25) is 4.79 Å². The summed E-state index contributed by atoms with van der Waals surface area (Å²) in [6, 6.07) is 12.5. The number of carbonyl (C=O) groups is 2. The first kappa shape index (κ1) is 19.8. The maximum Gasteiger partial charge on any atom is 0.344 e. The lowest BCUT2D eigenvalue weighted by Crippen LogP contribution is -2.23. The third kappa shape index (κ3) is 5.77. The number of halogens is 1. The molecule has 0 aromatic heterocycles. The van der Waals surface area contributed by atoms with Crippen molar-refractivity contribution in [3.05, 3.63) is 58.6 Å². The smallest absolute Gasteiger partial charge is 0.344 e. The summed E-state index contributed by atoms with van der Waals surface area (Å²) in [5.41, 5.74) is 2.80. The first-order valence-corrected chi connectivity index (χ1v) is 8.68. The largest absolute Gasteiger partial charge is 0.482 e. The van der Waals surface area contributed by atoms with Gasteiger partial charge in [-0.25, -0.2) is 4.79 Å². The molecule has 0 aliphatic heterocycles. The minimum absolute atomic E-state index is 0.264. The standard InChI is InChI=1S/C20H22ClNO4/c1-13(2)16-9-8-15(10-14(16)3)25-12-20(24)26-11-19(23)22-18-7-5-4-6-17(18)21/h4-10,13H,11-12H2,1-3H3,(H,22,23). The monoisotopic (exact) mass is 375 g/mol. The molecule has 2 aromatic rings. The summed E-state index contributed by atoms with van der Waals surface area (Å²) in [4.78, 5) is 23.5.